The minimum absolute atomic E-state index is 0.312. The number of rotatable bonds is 3. The highest BCUT2D eigenvalue weighted by atomic mass is 127. The Kier molecular flexibility index (Phi) is 5.04. The van der Waals surface area contributed by atoms with Crippen molar-refractivity contribution < 1.29 is 13.2 Å². The van der Waals surface area contributed by atoms with Gasteiger partial charge in [-0.05, 0) is 34.7 Å². The SMILES string of the molecule is FC(F)(F)c1cc(NCc2cnc(Cl)s2)c(I)cc1Cl. The fourth-order valence-corrected chi connectivity index (χ4v) is 3.48. The van der Waals surface area contributed by atoms with Crippen LogP contribution in [-0.2, 0) is 12.7 Å². The van der Waals surface area contributed by atoms with Crippen LogP contribution in [0, 0.1) is 3.57 Å². The lowest BCUT2D eigenvalue weighted by molar-refractivity contribution is -0.137. The van der Waals surface area contributed by atoms with Crippen LogP contribution in [-0.4, -0.2) is 4.98 Å². The van der Waals surface area contributed by atoms with Gasteiger partial charge in [0.1, 0.15) is 0 Å². The van der Waals surface area contributed by atoms with E-state index in [9.17, 15) is 13.2 Å². The van der Waals surface area contributed by atoms with Crippen molar-refractivity contribution in [1.82, 2.24) is 4.98 Å². The molecule has 0 aliphatic rings. The third kappa shape index (κ3) is 3.90. The number of benzene rings is 1. The summed E-state index contributed by atoms with van der Waals surface area (Å²) < 4.78 is 39.4. The summed E-state index contributed by atoms with van der Waals surface area (Å²) in [6.07, 6.45) is -2.90. The molecule has 0 saturated carbocycles. The molecule has 2 aromatic rings. The average Bonchev–Trinajstić information content (AvgIpc) is 2.72. The van der Waals surface area contributed by atoms with Crippen LogP contribution >= 0.6 is 57.1 Å². The van der Waals surface area contributed by atoms with Crippen molar-refractivity contribution >= 4 is 62.8 Å². The number of hydrogen-bond donors (Lipinski definition) is 1. The molecule has 20 heavy (non-hydrogen) atoms. The normalized spacial score (nSPS) is 11.7. The summed E-state index contributed by atoms with van der Waals surface area (Å²) in [6.45, 7) is 0.347. The van der Waals surface area contributed by atoms with E-state index < -0.39 is 11.7 Å². The Morgan fingerprint density at radius 1 is 1.30 bits per heavy atom. The Hall–Kier alpha value is -0.250. The standard InChI is InChI=1S/C11H6Cl2F3IN2S/c12-7-2-8(17)9(1-6(7)11(14,15)16)18-3-5-4-19-10(13)20-5/h1-2,4,18H,3H2. The van der Waals surface area contributed by atoms with Crippen molar-refractivity contribution in [3.8, 4) is 0 Å². The molecule has 0 fully saturated rings. The zero-order chi connectivity index (χ0) is 14.9. The Morgan fingerprint density at radius 2 is 2.00 bits per heavy atom. The molecule has 2 rings (SSSR count). The van der Waals surface area contributed by atoms with E-state index in [0.29, 0.717) is 20.3 Å². The molecular weight excluding hydrogens is 447 g/mol. The molecule has 108 valence electrons. The number of anilines is 1. The first-order valence-electron chi connectivity index (χ1n) is 5.17. The number of thiazole rings is 1. The van der Waals surface area contributed by atoms with Gasteiger partial charge >= 0.3 is 6.18 Å². The van der Waals surface area contributed by atoms with Crippen molar-refractivity contribution in [2.45, 2.75) is 12.7 Å². The molecular formula is C11H6Cl2F3IN2S. The Balaban J connectivity index is 2.23. The molecule has 2 nitrogen and oxygen atoms in total. The van der Waals surface area contributed by atoms with Gasteiger partial charge in [0.2, 0.25) is 0 Å². The molecule has 0 amide bonds. The van der Waals surface area contributed by atoms with Crippen LogP contribution in [0.15, 0.2) is 18.3 Å². The molecule has 0 radical (unpaired) electrons. The van der Waals surface area contributed by atoms with E-state index in [0.717, 1.165) is 10.9 Å². The van der Waals surface area contributed by atoms with Gasteiger partial charge in [-0.3, -0.25) is 0 Å². The van der Waals surface area contributed by atoms with E-state index >= 15 is 0 Å². The molecule has 0 atom stereocenters. The van der Waals surface area contributed by atoms with Gasteiger partial charge in [-0.2, -0.15) is 13.2 Å². The first-order chi connectivity index (χ1) is 9.27. The molecule has 0 aliphatic carbocycles. The first kappa shape index (κ1) is 16.1. The van der Waals surface area contributed by atoms with Crippen LogP contribution in [0.4, 0.5) is 18.9 Å². The number of hydrogen-bond acceptors (Lipinski definition) is 3. The molecule has 0 unspecified atom stereocenters. The topological polar surface area (TPSA) is 24.9 Å². The Bertz CT molecular complexity index is 631. The minimum atomic E-state index is -4.48. The predicted molar refractivity (Wildman–Crippen MR) is 83.6 cm³/mol. The largest absolute Gasteiger partial charge is 0.417 e. The maximum absolute atomic E-state index is 12.8. The summed E-state index contributed by atoms with van der Waals surface area (Å²) in [4.78, 5) is 4.69. The fourth-order valence-electron chi connectivity index (χ4n) is 1.45. The van der Waals surface area contributed by atoms with Gasteiger partial charge in [0.05, 0.1) is 17.1 Å². The molecule has 0 spiro atoms. The number of halogens is 6. The zero-order valence-corrected chi connectivity index (χ0v) is 14.0. The number of alkyl halides is 3. The second-order valence-electron chi connectivity index (χ2n) is 3.74. The van der Waals surface area contributed by atoms with Crippen molar-refractivity contribution in [2.24, 2.45) is 0 Å². The van der Waals surface area contributed by atoms with Crippen molar-refractivity contribution in [1.29, 1.82) is 0 Å². The van der Waals surface area contributed by atoms with Crippen LogP contribution < -0.4 is 5.32 Å². The quantitative estimate of drug-likeness (QED) is 0.605. The van der Waals surface area contributed by atoms with E-state index in [1.807, 2.05) is 22.6 Å². The second-order valence-corrected chi connectivity index (χ2v) is 7.01. The highest BCUT2D eigenvalue weighted by Gasteiger charge is 2.33. The lowest BCUT2D eigenvalue weighted by Crippen LogP contribution is -2.08. The lowest BCUT2D eigenvalue weighted by Gasteiger charge is -2.13. The zero-order valence-electron chi connectivity index (χ0n) is 9.56. The number of aromatic nitrogens is 1. The lowest BCUT2D eigenvalue weighted by atomic mass is 10.2. The van der Waals surface area contributed by atoms with Crippen LogP contribution in [0.3, 0.4) is 0 Å². The van der Waals surface area contributed by atoms with Gasteiger partial charge in [0.25, 0.3) is 0 Å². The van der Waals surface area contributed by atoms with Gasteiger partial charge in [-0.1, -0.05) is 23.2 Å². The molecule has 1 aromatic heterocycles. The van der Waals surface area contributed by atoms with Crippen LogP contribution in [0.5, 0.6) is 0 Å². The van der Waals surface area contributed by atoms with Gasteiger partial charge < -0.3 is 5.32 Å². The molecule has 1 aromatic carbocycles. The number of nitrogens with zero attached hydrogens (tertiary/aromatic N) is 1. The highest BCUT2D eigenvalue weighted by Crippen LogP contribution is 2.38. The second kappa shape index (κ2) is 6.25. The Morgan fingerprint density at radius 3 is 2.55 bits per heavy atom. The summed E-state index contributed by atoms with van der Waals surface area (Å²) in [6, 6.07) is 2.29. The molecule has 0 bridgehead atoms. The van der Waals surface area contributed by atoms with Crippen LogP contribution in [0.25, 0.3) is 0 Å². The molecule has 1 heterocycles. The van der Waals surface area contributed by atoms with Crippen LogP contribution in [0.1, 0.15) is 10.4 Å². The van der Waals surface area contributed by atoms with Crippen molar-refractivity contribution in [3.05, 3.63) is 41.8 Å². The van der Waals surface area contributed by atoms with E-state index in [-0.39, 0.29) is 5.02 Å². The molecule has 0 saturated heterocycles. The van der Waals surface area contributed by atoms with Gasteiger partial charge in [-0.25, -0.2) is 4.98 Å². The van der Waals surface area contributed by atoms with E-state index in [1.54, 1.807) is 6.20 Å². The average molecular weight is 453 g/mol. The van der Waals surface area contributed by atoms with E-state index in [1.165, 1.54) is 17.4 Å². The maximum atomic E-state index is 12.8. The molecule has 0 aliphatic heterocycles. The molecule has 9 heteroatoms. The van der Waals surface area contributed by atoms with E-state index in [4.69, 9.17) is 23.2 Å². The monoisotopic (exact) mass is 452 g/mol. The van der Waals surface area contributed by atoms with Crippen LogP contribution in [0.2, 0.25) is 9.49 Å². The molecule has 1 N–H and O–H groups in total. The summed E-state index contributed by atoms with van der Waals surface area (Å²) in [5.41, 5.74) is -0.490. The highest BCUT2D eigenvalue weighted by molar-refractivity contribution is 14.1. The summed E-state index contributed by atoms with van der Waals surface area (Å²) >= 11 is 14.5. The van der Waals surface area contributed by atoms with Crippen molar-refractivity contribution in [3.63, 3.8) is 0 Å². The summed E-state index contributed by atoms with van der Waals surface area (Å²) in [7, 11) is 0. The predicted octanol–water partition coefficient (Wildman–Crippen LogP) is 5.69. The van der Waals surface area contributed by atoms with Gasteiger partial charge in [0.15, 0.2) is 4.47 Å². The third-order valence-electron chi connectivity index (χ3n) is 2.34. The Labute approximate surface area is 140 Å². The minimum Gasteiger partial charge on any atom is -0.379 e. The van der Waals surface area contributed by atoms with E-state index in [2.05, 4.69) is 10.3 Å². The first-order valence-corrected chi connectivity index (χ1v) is 7.83. The fraction of sp³-hybridized carbons (Fsp3) is 0.182. The third-order valence-corrected chi connectivity index (χ3v) is 4.66. The smallest absolute Gasteiger partial charge is 0.379 e. The van der Waals surface area contributed by atoms with Gasteiger partial charge in [0, 0.05) is 20.3 Å². The summed E-state index contributed by atoms with van der Waals surface area (Å²) in [5, 5.41) is 2.62. The summed E-state index contributed by atoms with van der Waals surface area (Å²) in [5.74, 6) is 0. The number of nitrogens with one attached hydrogen (secondary N) is 1. The van der Waals surface area contributed by atoms with Gasteiger partial charge in [-0.15, -0.1) is 11.3 Å². The van der Waals surface area contributed by atoms with Crippen molar-refractivity contribution in [2.75, 3.05) is 5.32 Å². The maximum Gasteiger partial charge on any atom is 0.417 e.